The summed E-state index contributed by atoms with van der Waals surface area (Å²) < 4.78 is 28.5. The molecule has 1 aliphatic rings. The Labute approximate surface area is 252 Å². The van der Waals surface area contributed by atoms with Gasteiger partial charge in [0.15, 0.2) is 5.11 Å². The average Bonchev–Trinajstić information content (AvgIpc) is 3.02. The Morgan fingerprint density at radius 2 is 1.26 bits per heavy atom. The van der Waals surface area contributed by atoms with Gasteiger partial charge in [-0.2, -0.15) is 4.31 Å². The predicted octanol–water partition coefficient (Wildman–Crippen LogP) is 5.31. The van der Waals surface area contributed by atoms with E-state index in [4.69, 9.17) is 12.2 Å². The Kier molecular flexibility index (Phi) is 9.55. The van der Waals surface area contributed by atoms with Crippen molar-refractivity contribution in [3.05, 3.63) is 138 Å². The van der Waals surface area contributed by atoms with Crippen LogP contribution in [0.1, 0.15) is 22.7 Å². The maximum absolute atomic E-state index is 13.5. The number of piperazine rings is 1. The molecule has 4 aromatic rings. The minimum Gasteiger partial charge on any atom is -0.332 e. The predicted molar refractivity (Wildman–Crippen MR) is 171 cm³/mol. The van der Waals surface area contributed by atoms with Crippen LogP contribution in [0.3, 0.4) is 0 Å². The van der Waals surface area contributed by atoms with Gasteiger partial charge < -0.3 is 5.32 Å². The molecule has 0 radical (unpaired) electrons. The van der Waals surface area contributed by atoms with Crippen LogP contribution < -0.4 is 10.6 Å². The molecule has 42 heavy (non-hydrogen) atoms. The van der Waals surface area contributed by atoms with Gasteiger partial charge in [0.1, 0.15) is 0 Å². The zero-order valence-corrected chi connectivity index (χ0v) is 24.6. The van der Waals surface area contributed by atoms with Crippen molar-refractivity contribution in [1.29, 1.82) is 0 Å². The molecule has 1 saturated heterocycles. The van der Waals surface area contributed by atoms with Crippen molar-refractivity contribution < 1.29 is 13.2 Å². The molecule has 9 heteroatoms. The van der Waals surface area contributed by atoms with E-state index >= 15 is 0 Å². The summed E-state index contributed by atoms with van der Waals surface area (Å²) >= 11 is 5.25. The molecule has 2 N–H and O–H groups in total. The van der Waals surface area contributed by atoms with Gasteiger partial charge in [-0.3, -0.25) is 15.0 Å². The number of sulfonamides is 1. The third-order valence-corrected chi connectivity index (χ3v) is 9.20. The quantitative estimate of drug-likeness (QED) is 0.212. The maximum atomic E-state index is 13.5. The number of hydrogen-bond acceptors (Lipinski definition) is 5. The van der Waals surface area contributed by atoms with E-state index in [-0.39, 0.29) is 22.0 Å². The first kappa shape index (κ1) is 29.3. The molecule has 4 aromatic carbocycles. The molecule has 0 saturated carbocycles. The number of amides is 1. The maximum Gasteiger partial charge on any atom is 0.250 e. The van der Waals surface area contributed by atoms with Crippen LogP contribution in [-0.2, 0) is 14.8 Å². The molecule has 0 aromatic heterocycles. The normalized spacial score (nSPS) is 14.6. The third-order valence-electron chi connectivity index (χ3n) is 7.08. The lowest BCUT2D eigenvalue weighted by Gasteiger charge is -2.39. The van der Waals surface area contributed by atoms with Crippen molar-refractivity contribution in [3.63, 3.8) is 0 Å². The zero-order chi connectivity index (χ0) is 29.4. The summed E-state index contributed by atoms with van der Waals surface area (Å²) in [5.74, 6) is -0.364. The Hall–Kier alpha value is -4.15. The first-order valence-corrected chi connectivity index (χ1v) is 15.5. The van der Waals surface area contributed by atoms with Gasteiger partial charge in [0.2, 0.25) is 15.9 Å². The Morgan fingerprint density at radius 1 is 0.738 bits per heavy atom. The Morgan fingerprint density at radius 3 is 1.81 bits per heavy atom. The van der Waals surface area contributed by atoms with Gasteiger partial charge in [-0.05, 0) is 59.2 Å². The van der Waals surface area contributed by atoms with Crippen molar-refractivity contribution in [2.75, 3.05) is 31.5 Å². The number of nitrogens with one attached hydrogen (secondary N) is 2. The summed E-state index contributed by atoms with van der Waals surface area (Å²) in [6, 6.07) is 36.5. The van der Waals surface area contributed by atoms with Gasteiger partial charge in [-0.15, -0.1) is 0 Å². The molecule has 0 atom stereocenters. The topological polar surface area (TPSA) is 81.8 Å². The van der Waals surface area contributed by atoms with Gasteiger partial charge in [-0.1, -0.05) is 91.0 Å². The zero-order valence-electron chi connectivity index (χ0n) is 23.0. The van der Waals surface area contributed by atoms with Crippen molar-refractivity contribution in [1.82, 2.24) is 14.5 Å². The van der Waals surface area contributed by atoms with Crippen LogP contribution in [0.4, 0.5) is 5.69 Å². The van der Waals surface area contributed by atoms with Crippen molar-refractivity contribution in [3.8, 4) is 0 Å². The first-order valence-electron chi connectivity index (χ1n) is 13.7. The summed E-state index contributed by atoms with van der Waals surface area (Å²) in [6.07, 6.45) is 3.10. The molecule has 1 amide bonds. The molecular formula is C33H32N4O3S2. The first-order chi connectivity index (χ1) is 20.4. The van der Waals surface area contributed by atoms with E-state index < -0.39 is 10.0 Å². The molecule has 1 fully saturated rings. The largest absolute Gasteiger partial charge is 0.332 e. The SMILES string of the molecule is O=C(/C=C/c1ccccc1)NC(=S)Nc1ccc(S(=O)(=O)N2CCN(C(c3ccccc3)c3ccccc3)CC2)cc1. The number of thiocarbonyl (C=S) groups is 1. The second-order valence-corrected chi connectivity index (χ2v) is 12.2. The molecule has 214 valence electrons. The minimum atomic E-state index is -3.67. The number of benzene rings is 4. The summed E-state index contributed by atoms with van der Waals surface area (Å²) in [5, 5.41) is 5.65. The highest BCUT2D eigenvalue weighted by Crippen LogP contribution is 2.30. The van der Waals surface area contributed by atoms with Crippen LogP contribution in [0.25, 0.3) is 6.08 Å². The molecule has 0 unspecified atom stereocenters. The molecule has 0 aliphatic carbocycles. The van der Waals surface area contributed by atoms with Crippen LogP contribution in [0, 0.1) is 0 Å². The van der Waals surface area contributed by atoms with Gasteiger partial charge in [0, 0.05) is 37.9 Å². The van der Waals surface area contributed by atoms with Crippen molar-refractivity contribution in [2.24, 2.45) is 0 Å². The molecule has 0 spiro atoms. The second-order valence-electron chi connectivity index (χ2n) is 9.88. The minimum absolute atomic E-state index is 0.0563. The third kappa shape index (κ3) is 7.37. The number of nitrogens with zero attached hydrogens (tertiary/aromatic N) is 2. The van der Waals surface area contributed by atoms with Gasteiger partial charge in [0.05, 0.1) is 10.9 Å². The fourth-order valence-corrected chi connectivity index (χ4v) is 6.64. The lowest BCUT2D eigenvalue weighted by atomic mass is 9.96. The highest BCUT2D eigenvalue weighted by atomic mass is 32.2. The van der Waals surface area contributed by atoms with E-state index in [1.165, 1.54) is 17.2 Å². The highest BCUT2D eigenvalue weighted by molar-refractivity contribution is 7.89. The van der Waals surface area contributed by atoms with Crippen LogP contribution in [0.2, 0.25) is 0 Å². The fourth-order valence-electron chi connectivity index (χ4n) is 5.00. The summed E-state index contributed by atoms with van der Waals surface area (Å²) in [7, 11) is -3.67. The van der Waals surface area contributed by atoms with Crippen LogP contribution >= 0.6 is 12.2 Å². The van der Waals surface area contributed by atoms with E-state index in [1.54, 1.807) is 34.6 Å². The number of carbonyl (C=O) groups is 1. The highest BCUT2D eigenvalue weighted by Gasteiger charge is 2.32. The van der Waals surface area contributed by atoms with E-state index in [0.29, 0.717) is 31.9 Å². The summed E-state index contributed by atoms with van der Waals surface area (Å²) in [4.78, 5) is 14.7. The fraction of sp³-hybridized carbons (Fsp3) is 0.152. The summed E-state index contributed by atoms with van der Waals surface area (Å²) in [5.41, 5.74) is 3.84. The monoisotopic (exact) mass is 596 g/mol. The molecule has 1 aliphatic heterocycles. The summed E-state index contributed by atoms with van der Waals surface area (Å²) in [6.45, 7) is 2.01. The number of anilines is 1. The lowest BCUT2D eigenvalue weighted by Crippen LogP contribution is -2.49. The van der Waals surface area contributed by atoms with E-state index in [0.717, 1.165) is 5.56 Å². The van der Waals surface area contributed by atoms with Crippen LogP contribution in [0.5, 0.6) is 0 Å². The smallest absolute Gasteiger partial charge is 0.250 e. The van der Waals surface area contributed by atoms with Gasteiger partial charge in [0.25, 0.3) is 0 Å². The van der Waals surface area contributed by atoms with Crippen molar-refractivity contribution in [2.45, 2.75) is 10.9 Å². The standard InChI is InChI=1S/C33H32N4O3S2/c38-31(21-16-26-10-4-1-5-11-26)35-33(41)34-29-17-19-30(20-18-29)42(39,40)37-24-22-36(23-25-37)32(27-12-6-2-7-13-27)28-14-8-3-9-15-28/h1-21,32H,22-25H2,(H2,34,35,38,41)/b21-16+. The molecular weight excluding hydrogens is 565 g/mol. The van der Waals surface area contributed by atoms with Crippen LogP contribution in [-0.4, -0.2) is 54.8 Å². The molecule has 1 heterocycles. The second kappa shape index (κ2) is 13.7. The molecule has 7 nitrogen and oxygen atoms in total. The Balaban J connectivity index is 1.18. The van der Waals surface area contributed by atoms with Gasteiger partial charge >= 0.3 is 0 Å². The van der Waals surface area contributed by atoms with Crippen LogP contribution in [0.15, 0.2) is 126 Å². The Bertz CT molecular complexity index is 1580. The average molecular weight is 597 g/mol. The number of hydrogen-bond donors (Lipinski definition) is 2. The van der Waals surface area contributed by atoms with Gasteiger partial charge in [-0.25, -0.2) is 8.42 Å². The molecule has 5 rings (SSSR count). The number of carbonyl (C=O) groups excluding carboxylic acids is 1. The van der Waals surface area contributed by atoms with Crippen molar-refractivity contribution >= 4 is 45.0 Å². The number of rotatable bonds is 8. The molecule has 0 bridgehead atoms. The lowest BCUT2D eigenvalue weighted by molar-refractivity contribution is -0.115. The van der Waals surface area contributed by atoms with E-state index in [1.807, 2.05) is 66.7 Å². The van der Waals surface area contributed by atoms with E-state index in [9.17, 15) is 13.2 Å². The van der Waals surface area contributed by atoms with E-state index in [2.05, 4.69) is 39.8 Å².